The summed E-state index contributed by atoms with van der Waals surface area (Å²) in [5.41, 5.74) is 0.344. The Kier molecular flexibility index (Phi) is 4.84. The maximum atomic E-state index is 5.59. The number of ether oxygens (including phenoxy) is 1. The Morgan fingerprint density at radius 3 is 2.96 bits per heavy atom. The van der Waals surface area contributed by atoms with Gasteiger partial charge < -0.3 is 19.5 Å². The van der Waals surface area contributed by atoms with Gasteiger partial charge >= 0.3 is 0 Å². The van der Waals surface area contributed by atoms with Crippen LogP contribution in [0.25, 0.3) is 0 Å². The molecular weight excluding hydrogens is 294 g/mol. The second-order valence-corrected chi connectivity index (χ2v) is 6.90. The summed E-state index contributed by atoms with van der Waals surface area (Å²) in [4.78, 5) is 11.1. The van der Waals surface area contributed by atoms with Gasteiger partial charge in [0.15, 0.2) is 11.8 Å². The fourth-order valence-electron chi connectivity index (χ4n) is 3.30. The lowest BCUT2D eigenvalue weighted by Gasteiger charge is -2.24. The van der Waals surface area contributed by atoms with Crippen LogP contribution >= 0.6 is 0 Å². The molecule has 3 heterocycles. The van der Waals surface area contributed by atoms with Crippen molar-refractivity contribution in [2.45, 2.75) is 39.0 Å². The number of aromatic nitrogens is 2. The Morgan fingerprint density at radius 2 is 2.30 bits per heavy atom. The Hall–Kier alpha value is -1.63. The molecule has 128 valence electrons. The second-order valence-electron chi connectivity index (χ2n) is 6.90. The fraction of sp³-hybridized carbons (Fsp3) is 0.812. The van der Waals surface area contributed by atoms with Crippen molar-refractivity contribution in [3.63, 3.8) is 0 Å². The van der Waals surface area contributed by atoms with E-state index in [1.807, 2.05) is 7.05 Å². The summed E-state index contributed by atoms with van der Waals surface area (Å²) in [5, 5.41) is 7.40. The molecule has 2 saturated heterocycles. The highest BCUT2D eigenvalue weighted by Gasteiger charge is 2.42. The molecular formula is C16H27N5O2. The molecule has 0 bridgehead atoms. The van der Waals surface area contributed by atoms with Gasteiger partial charge in [0.05, 0.1) is 6.61 Å². The third kappa shape index (κ3) is 3.65. The van der Waals surface area contributed by atoms with Crippen molar-refractivity contribution >= 4 is 5.96 Å². The highest BCUT2D eigenvalue weighted by Crippen LogP contribution is 2.38. The molecule has 1 aromatic heterocycles. The first-order valence-electron chi connectivity index (χ1n) is 8.48. The van der Waals surface area contributed by atoms with Crippen LogP contribution in [-0.4, -0.2) is 60.9 Å². The monoisotopic (exact) mass is 321 g/mol. The van der Waals surface area contributed by atoms with Gasteiger partial charge in [0, 0.05) is 51.0 Å². The third-order valence-electron chi connectivity index (χ3n) is 4.76. The fourth-order valence-corrected chi connectivity index (χ4v) is 3.30. The quantitative estimate of drug-likeness (QED) is 0.668. The molecule has 2 aliphatic heterocycles. The lowest BCUT2D eigenvalue weighted by atomic mass is 9.87. The first kappa shape index (κ1) is 16.2. The van der Waals surface area contributed by atoms with E-state index in [9.17, 15) is 0 Å². The number of nitrogens with one attached hydrogen (secondary N) is 1. The number of hydrogen-bond donors (Lipinski definition) is 1. The Bertz CT molecular complexity index is 548. The first-order valence-corrected chi connectivity index (χ1v) is 8.48. The van der Waals surface area contributed by atoms with E-state index in [2.05, 4.69) is 39.2 Å². The van der Waals surface area contributed by atoms with Gasteiger partial charge in [0.2, 0.25) is 5.89 Å². The first-order chi connectivity index (χ1) is 11.1. The molecule has 1 unspecified atom stereocenters. The van der Waals surface area contributed by atoms with Crippen molar-refractivity contribution in [1.29, 1.82) is 0 Å². The SMILES string of the molecule is CN=C(NCCc1nc(C(C)C)no1)N1CCC2(CCOC2)C1. The van der Waals surface area contributed by atoms with E-state index in [0.29, 0.717) is 23.6 Å². The molecule has 7 nitrogen and oxygen atoms in total. The number of rotatable bonds is 4. The van der Waals surface area contributed by atoms with Crippen molar-refractivity contribution < 1.29 is 9.26 Å². The molecule has 3 rings (SSSR count). The largest absolute Gasteiger partial charge is 0.381 e. The van der Waals surface area contributed by atoms with Crippen LogP contribution in [0.3, 0.4) is 0 Å². The summed E-state index contributed by atoms with van der Waals surface area (Å²) < 4.78 is 10.9. The predicted octanol–water partition coefficient (Wildman–Crippen LogP) is 1.42. The Morgan fingerprint density at radius 1 is 1.43 bits per heavy atom. The summed E-state index contributed by atoms with van der Waals surface area (Å²) >= 11 is 0. The predicted molar refractivity (Wildman–Crippen MR) is 87.5 cm³/mol. The van der Waals surface area contributed by atoms with Crippen LogP contribution in [0.1, 0.15) is 44.3 Å². The smallest absolute Gasteiger partial charge is 0.228 e. The van der Waals surface area contributed by atoms with Gasteiger partial charge in [-0.15, -0.1) is 0 Å². The summed E-state index contributed by atoms with van der Waals surface area (Å²) in [6.45, 7) is 8.73. The maximum absolute atomic E-state index is 5.59. The van der Waals surface area contributed by atoms with Crippen LogP contribution in [0.15, 0.2) is 9.52 Å². The van der Waals surface area contributed by atoms with Crippen molar-refractivity contribution in [3.8, 4) is 0 Å². The standard InChI is InChI=1S/C16H27N5O2/c1-12(2)14-19-13(23-20-14)4-7-18-15(17-3)21-8-5-16(10-21)6-9-22-11-16/h12H,4-11H2,1-3H3,(H,17,18). The van der Waals surface area contributed by atoms with Crippen LogP contribution in [0.5, 0.6) is 0 Å². The molecule has 1 N–H and O–H groups in total. The second kappa shape index (κ2) is 6.86. The normalized spacial score (nSPS) is 25.0. The zero-order chi connectivity index (χ0) is 16.3. The van der Waals surface area contributed by atoms with Crippen molar-refractivity contribution in [3.05, 3.63) is 11.7 Å². The number of likely N-dealkylation sites (tertiary alicyclic amines) is 1. The average molecular weight is 321 g/mol. The van der Waals surface area contributed by atoms with E-state index >= 15 is 0 Å². The average Bonchev–Trinajstić information content (AvgIpc) is 3.26. The molecule has 0 aliphatic carbocycles. The van der Waals surface area contributed by atoms with Gasteiger partial charge in [-0.25, -0.2) is 0 Å². The highest BCUT2D eigenvalue weighted by molar-refractivity contribution is 5.80. The van der Waals surface area contributed by atoms with Crippen molar-refractivity contribution in [1.82, 2.24) is 20.4 Å². The van der Waals surface area contributed by atoms with Gasteiger partial charge in [-0.2, -0.15) is 4.98 Å². The number of nitrogens with zero attached hydrogens (tertiary/aromatic N) is 4. The molecule has 0 radical (unpaired) electrons. The van der Waals surface area contributed by atoms with Crippen LogP contribution < -0.4 is 5.32 Å². The van der Waals surface area contributed by atoms with Crippen LogP contribution in [0.2, 0.25) is 0 Å². The van der Waals surface area contributed by atoms with Crippen molar-refractivity contribution in [2.75, 3.05) is 39.9 Å². The molecule has 1 spiro atoms. The van der Waals surface area contributed by atoms with E-state index in [1.165, 1.54) is 12.8 Å². The molecule has 2 aliphatic rings. The van der Waals surface area contributed by atoms with Gasteiger partial charge in [0.25, 0.3) is 0 Å². The summed E-state index contributed by atoms with van der Waals surface area (Å²) in [6.07, 6.45) is 3.07. The minimum absolute atomic E-state index is 0.294. The Labute approximate surface area is 137 Å². The maximum Gasteiger partial charge on any atom is 0.228 e. The Balaban J connectivity index is 1.48. The number of hydrogen-bond acceptors (Lipinski definition) is 5. The lowest BCUT2D eigenvalue weighted by molar-refractivity contribution is 0.156. The van der Waals surface area contributed by atoms with Gasteiger partial charge in [0.1, 0.15) is 0 Å². The molecule has 0 aromatic carbocycles. The highest BCUT2D eigenvalue weighted by atomic mass is 16.5. The lowest BCUT2D eigenvalue weighted by Crippen LogP contribution is -2.42. The summed E-state index contributed by atoms with van der Waals surface area (Å²) in [5.74, 6) is 2.70. The number of guanidine groups is 1. The van der Waals surface area contributed by atoms with E-state index in [-0.39, 0.29) is 0 Å². The van der Waals surface area contributed by atoms with Gasteiger partial charge in [-0.3, -0.25) is 4.99 Å². The molecule has 0 saturated carbocycles. The van der Waals surface area contributed by atoms with E-state index in [1.54, 1.807) is 0 Å². The summed E-state index contributed by atoms with van der Waals surface area (Å²) in [6, 6.07) is 0. The van der Waals surface area contributed by atoms with E-state index < -0.39 is 0 Å². The molecule has 1 aromatic rings. The molecule has 2 fully saturated rings. The van der Waals surface area contributed by atoms with Gasteiger partial charge in [-0.05, 0) is 12.8 Å². The summed E-state index contributed by atoms with van der Waals surface area (Å²) in [7, 11) is 1.84. The third-order valence-corrected chi connectivity index (χ3v) is 4.76. The van der Waals surface area contributed by atoms with Crippen LogP contribution in [0.4, 0.5) is 0 Å². The molecule has 1 atom stereocenters. The van der Waals surface area contributed by atoms with Crippen LogP contribution in [0, 0.1) is 5.41 Å². The van der Waals surface area contributed by atoms with E-state index in [0.717, 1.165) is 44.6 Å². The molecule has 23 heavy (non-hydrogen) atoms. The molecule has 7 heteroatoms. The zero-order valence-corrected chi connectivity index (χ0v) is 14.3. The van der Waals surface area contributed by atoms with Crippen LogP contribution in [-0.2, 0) is 11.2 Å². The zero-order valence-electron chi connectivity index (χ0n) is 14.3. The van der Waals surface area contributed by atoms with Gasteiger partial charge in [-0.1, -0.05) is 19.0 Å². The number of aliphatic imine (C=N–C) groups is 1. The molecule has 0 amide bonds. The topological polar surface area (TPSA) is 75.8 Å². The van der Waals surface area contributed by atoms with Crippen molar-refractivity contribution in [2.24, 2.45) is 10.4 Å². The minimum Gasteiger partial charge on any atom is -0.381 e. The minimum atomic E-state index is 0.294. The van der Waals surface area contributed by atoms with E-state index in [4.69, 9.17) is 9.26 Å².